The van der Waals surface area contributed by atoms with Gasteiger partial charge >= 0.3 is 5.97 Å². The van der Waals surface area contributed by atoms with E-state index in [-0.39, 0.29) is 12.6 Å². The molecule has 1 aromatic carbocycles. The van der Waals surface area contributed by atoms with Crippen molar-refractivity contribution in [2.24, 2.45) is 0 Å². The highest BCUT2D eigenvalue weighted by Gasteiger charge is 2.26. The lowest BCUT2D eigenvalue weighted by molar-refractivity contribution is -0.143. The van der Waals surface area contributed by atoms with Gasteiger partial charge in [0.25, 0.3) is 10.1 Å². The van der Waals surface area contributed by atoms with Crippen molar-refractivity contribution in [3.8, 4) is 0 Å². The first kappa shape index (κ1) is 17.6. The minimum atomic E-state index is -3.65. The molecule has 0 aliphatic rings. The summed E-state index contributed by atoms with van der Waals surface area (Å²) in [6.45, 7) is 1.14. The van der Waals surface area contributed by atoms with E-state index in [9.17, 15) is 13.2 Å². The number of benzene rings is 1. The van der Waals surface area contributed by atoms with Crippen molar-refractivity contribution in [2.75, 3.05) is 19.9 Å². The molecule has 1 unspecified atom stereocenters. The monoisotopic (exact) mass is 315 g/mol. The van der Waals surface area contributed by atoms with Crippen molar-refractivity contribution in [3.05, 3.63) is 35.9 Å². The number of hydrogen-bond donors (Lipinski definition) is 1. The van der Waals surface area contributed by atoms with Crippen molar-refractivity contribution in [2.45, 2.75) is 25.5 Å². The predicted octanol–water partition coefficient (Wildman–Crippen LogP) is 0.725. The van der Waals surface area contributed by atoms with Gasteiger partial charge in [-0.05, 0) is 19.0 Å². The molecule has 0 bridgehead atoms. The summed E-state index contributed by atoms with van der Waals surface area (Å²) in [7, 11) is -1.94. The van der Waals surface area contributed by atoms with Gasteiger partial charge in [0.1, 0.15) is 12.7 Å². The first-order chi connectivity index (χ1) is 9.81. The summed E-state index contributed by atoms with van der Waals surface area (Å²) in [5, 5.41) is 3.02. The fraction of sp³-hybridized carbons (Fsp3) is 0.500. The zero-order valence-electron chi connectivity index (χ0n) is 12.4. The van der Waals surface area contributed by atoms with E-state index in [1.165, 1.54) is 6.92 Å². The van der Waals surface area contributed by atoms with Crippen molar-refractivity contribution in [1.82, 2.24) is 5.32 Å². The van der Waals surface area contributed by atoms with Gasteiger partial charge in [-0.1, -0.05) is 30.3 Å². The molecule has 0 aromatic heterocycles. The number of rotatable bonds is 8. The lowest BCUT2D eigenvalue weighted by Crippen LogP contribution is -2.45. The summed E-state index contributed by atoms with van der Waals surface area (Å²) < 4.78 is 32.7. The fourth-order valence-corrected chi connectivity index (χ4v) is 2.56. The molecular weight excluding hydrogens is 294 g/mol. The van der Waals surface area contributed by atoms with Crippen LogP contribution in [0.2, 0.25) is 0 Å². The third-order valence-electron chi connectivity index (χ3n) is 2.87. The Labute approximate surface area is 125 Å². The van der Waals surface area contributed by atoms with Gasteiger partial charge in [-0.2, -0.15) is 8.42 Å². The Morgan fingerprint density at radius 1 is 1.29 bits per heavy atom. The van der Waals surface area contributed by atoms with Crippen LogP contribution in [0.3, 0.4) is 0 Å². The Kier molecular flexibility index (Phi) is 6.80. The lowest BCUT2D eigenvalue weighted by atomic mass is 10.0. The van der Waals surface area contributed by atoms with Gasteiger partial charge in [0.15, 0.2) is 0 Å². The molecule has 0 spiro atoms. The second kappa shape index (κ2) is 8.11. The van der Waals surface area contributed by atoms with Gasteiger partial charge in [-0.25, -0.2) is 0 Å². The Hall–Kier alpha value is -1.44. The first-order valence-corrected chi connectivity index (χ1v) is 8.36. The van der Waals surface area contributed by atoms with Crippen LogP contribution < -0.4 is 5.32 Å². The van der Waals surface area contributed by atoms with Crippen molar-refractivity contribution >= 4 is 16.1 Å². The molecule has 7 heteroatoms. The summed E-state index contributed by atoms with van der Waals surface area (Å²) in [6, 6.07) is 9.28. The van der Waals surface area contributed by atoms with Crippen LogP contribution in [0.1, 0.15) is 12.5 Å². The minimum Gasteiger partial charge on any atom is -0.463 e. The number of hydrogen-bond acceptors (Lipinski definition) is 6. The molecule has 0 fully saturated rings. The summed E-state index contributed by atoms with van der Waals surface area (Å²) in [5.41, 5.74) is 1.03. The molecule has 1 N–H and O–H groups in total. The summed E-state index contributed by atoms with van der Waals surface area (Å²) in [4.78, 5) is 10.9. The second-order valence-corrected chi connectivity index (χ2v) is 6.33. The number of ether oxygens (including phenoxy) is 1. The predicted molar refractivity (Wildman–Crippen MR) is 79.3 cm³/mol. The molecule has 6 nitrogen and oxygen atoms in total. The van der Waals surface area contributed by atoms with Crippen molar-refractivity contribution in [3.63, 3.8) is 0 Å². The van der Waals surface area contributed by atoms with Gasteiger partial charge in [-0.15, -0.1) is 0 Å². The third kappa shape index (κ3) is 7.22. The van der Waals surface area contributed by atoms with E-state index in [1.807, 2.05) is 30.3 Å². The van der Waals surface area contributed by atoms with Crippen LogP contribution in [0, 0.1) is 0 Å². The number of nitrogens with one attached hydrogen (secondary N) is 1. The van der Waals surface area contributed by atoms with Crippen molar-refractivity contribution < 1.29 is 22.1 Å². The van der Waals surface area contributed by atoms with Crippen LogP contribution in [0.25, 0.3) is 0 Å². The quantitative estimate of drug-likeness (QED) is 0.562. The largest absolute Gasteiger partial charge is 0.463 e. The molecule has 0 radical (unpaired) electrons. The number of esters is 1. The van der Waals surface area contributed by atoms with Crippen LogP contribution in [0.5, 0.6) is 0 Å². The van der Waals surface area contributed by atoms with Crippen LogP contribution in [0.15, 0.2) is 30.3 Å². The highest BCUT2D eigenvalue weighted by molar-refractivity contribution is 7.86. The van der Waals surface area contributed by atoms with Crippen LogP contribution in [0.4, 0.5) is 0 Å². The van der Waals surface area contributed by atoms with Gasteiger partial charge < -0.3 is 10.1 Å². The van der Waals surface area contributed by atoms with Gasteiger partial charge in [0, 0.05) is 13.0 Å². The highest BCUT2D eigenvalue weighted by Crippen LogP contribution is 2.11. The van der Waals surface area contributed by atoms with E-state index in [4.69, 9.17) is 8.92 Å². The fourth-order valence-electron chi connectivity index (χ4n) is 1.92. The number of carbonyl (C=O) groups excluding carboxylic acids is 1. The van der Waals surface area contributed by atoms with E-state index >= 15 is 0 Å². The van der Waals surface area contributed by atoms with Gasteiger partial charge in [-0.3, -0.25) is 8.98 Å². The summed E-state index contributed by atoms with van der Waals surface area (Å²) >= 11 is 0. The molecule has 21 heavy (non-hydrogen) atoms. The average Bonchev–Trinajstić information content (AvgIpc) is 2.41. The Bertz CT molecular complexity index is 544. The smallest absolute Gasteiger partial charge is 0.302 e. The molecule has 0 aliphatic carbocycles. The van der Waals surface area contributed by atoms with E-state index in [2.05, 4.69) is 5.32 Å². The van der Waals surface area contributed by atoms with Crippen molar-refractivity contribution in [1.29, 1.82) is 0 Å². The van der Waals surface area contributed by atoms with Crippen LogP contribution in [-0.2, 0) is 30.3 Å². The van der Waals surface area contributed by atoms with E-state index in [0.717, 1.165) is 11.8 Å². The molecule has 0 saturated heterocycles. The Balaban J connectivity index is 2.83. The second-order valence-electron chi connectivity index (χ2n) is 4.73. The molecule has 1 aromatic rings. The van der Waals surface area contributed by atoms with E-state index in [1.54, 1.807) is 7.05 Å². The normalized spacial score (nSPS) is 14.4. The molecule has 1 rings (SSSR count). The molecule has 0 amide bonds. The van der Waals surface area contributed by atoms with E-state index in [0.29, 0.717) is 6.42 Å². The topological polar surface area (TPSA) is 81.7 Å². The number of likely N-dealkylation sites (N-methyl/N-ethyl adjacent to an activating group) is 1. The highest BCUT2D eigenvalue weighted by atomic mass is 32.2. The Morgan fingerprint density at radius 2 is 1.90 bits per heavy atom. The van der Waals surface area contributed by atoms with Gasteiger partial charge in [0.05, 0.1) is 6.26 Å². The maximum Gasteiger partial charge on any atom is 0.302 e. The minimum absolute atomic E-state index is 0.124. The van der Waals surface area contributed by atoms with Crippen LogP contribution >= 0.6 is 0 Å². The summed E-state index contributed by atoms with van der Waals surface area (Å²) in [5.74, 6) is -0.480. The average molecular weight is 315 g/mol. The molecule has 2 atom stereocenters. The zero-order chi connectivity index (χ0) is 15.9. The summed E-state index contributed by atoms with van der Waals surface area (Å²) in [6.07, 6.45) is 0.746. The molecule has 0 heterocycles. The Morgan fingerprint density at radius 3 is 2.38 bits per heavy atom. The standard InChI is InChI=1S/C14H21NO5S/c1-11(16)19-10-14(20-21(3,17)18)13(15-2)9-12-7-5-4-6-8-12/h4-8,13-15H,9-10H2,1-3H3/t13-,14?/m0/s1. The third-order valence-corrected chi connectivity index (χ3v) is 3.46. The van der Waals surface area contributed by atoms with Crippen LogP contribution in [-0.4, -0.2) is 46.4 Å². The molecular formula is C14H21NO5S. The molecule has 118 valence electrons. The molecule has 0 saturated carbocycles. The maximum atomic E-state index is 11.4. The first-order valence-electron chi connectivity index (χ1n) is 6.54. The number of carbonyl (C=O) groups is 1. The SMILES string of the molecule is CN[C@@H](Cc1ccccc1)C(COC(C)=O)OS(C)(=O)=O. The van der Waals surface area contributed by atoms with E-state index < -0.39 is 22.2 Å². The van der Waals surface area contributed by atoms with Gasteiger partial charge in [0.2, 0.25) is 0 Å². The zero-order valence-corrected chi connectivity index (χ0v) is 13.2. The maximum absolute atomic E-state index is 11.4. The molecule has 0 aliphatic heterocycles. The lowest BCUT2D eigenvalue weighted by Gasteiger charge is -2.25.